The minimum atomic E-state index is -1.20. The number of ether oxygens (including phenoxy) is 3. The number of carboxylic acid groups (broad SMARTS) is 1. The van der Waals surface area contributed by atoms with Crippen molar-refractivity contribution in [1.82, 2.24) is 25.5 Å². The van der Waals surface area contributed by atoms with Crippen LogP contribution >= 0.6 is 11.8 Å². The number of para-hydroxylation sites is 1. The Morgan fingerprint density at radius 1 is 1.21 bits per heavy atom. The molecular weight excluding hydrogens is 402 g/mol. The van der Waals surface area contributed by atoms with Gasteiger partial charge in [0, 0.05) is 5.75 Å². The van der Waals surface area contributed by atoms with E-state index in [1.807, 2.05) is 18.2 Å². The molecule has 1 aromatic carbocycles. The van der Waals surface area contributed by atoms with Gasteiger partial charge in [0.25, 0.3) is 0 Å². The van der Waals surface area contributed by atoms with Gasteiger partial charge in [-0.15, -0.1) is 11.8 Å². The molecule has 4 atom stereocenters. The Morgan fingerprint density at radius 2 is 2.00 bits per heavy atom. The SMILES string of the molecule is O=C([O-])CSCC(=O)N[C@H]1CO[C@H]2[C@@H]1OC[C@@H]2n1nnnc1Oc1ccccc1. The number of aromatic nitrogens is 4. The summed E-state index contributed by atoms with van der Waals surface area (Å²) in [5, 5.41) is 24.9. The first-order valence-electron chi connectivity index (χ1n) is 8.93. The summed E-state index contributed by atoms with van der Waals surface area (Å²) in [6, 6.07) is 8.74. The number of carbonyl (C=O) groups excluding carboxylic acids is 2. The Bertz CT molecular complexity index is 865. The van der Waals surface area contributed by atoms with Crippen molar-refractivity contribution in [1.29, 1.82) is 0 Å². The number of aliphatic carboxylic acids is 1. The fourth-order valence-electron chi connectivity index (χ4n) is 3.34. The van der Waals surface area contributed by atoms with Gasteiger partial charge in [0.2, 0.25) is 5.91 Å². The molecule has 0 aliphatic carbocycles. The van der Waals surface area contributed by atoms with E-state index in [4.69, 9.17) is 14.2 Å². The predicted molar refractivity (Wildman–Crippen MR) is 97.1 cm³/mol. The number of carboxylic acids is 1. The molecule has 0 bridgehead atoms. The molecule has 3 heterocycles. The summed E-state index contributed by atoms with van der Waals surface area (Å²) in [4.78, 5) is 22.5. The van der Waals surface area contributed by atoms with Crippen molar-refractivity contribution < 1.29 is 28.9 Å². The van der Waals surface area contributed by atoms with Crippen LogP contribution in [0.1, 0.15) is 6.04 Å². The smallest absolute Gasteiger partial charge is 0.341 e. The number of carbonyl (C=O) groups is 2. The number of hydrogen-bond donors (Lipinski definition) is 1. The number of fused-ring (bicyclic) bond motifs is 1. The molecule has 0 saturated carbocycles. The number of amides is 1. The normalized spacial score (nSPS) is 25.5. The molecule has 2 aliphatic heterocycles. The topological polar surface area (TPSA) is 141 Å². The standard InChI is InChI=1S/C17H19N5O6S/c23-13(8-29-9-14(24)25)18-11-6-26-16-12(7-27-15(11)16)22-17(19-20-21-22)28-10-4-2-1-3-5-10/h1-5,11-12,15-16H,6-9H2,(H,18,23)(H,24,25)/p-1/t11-,12-,15+,16+/m0/s1. The molecule has 1 aromatic heterocycles. The second-order valence-electron chi connectivity index (χ2n) is 6.52. The van der Waals surface area contributed by atoms with Gasteiger partial charge in [-0.3, -0.25) is 4.79 Å². The highest BCUT2D eigenvalue weighted by molar-refractivity contribution is 8.00. The first kappa shape index (κ1) is 19.6. The summed E-state index contributed by atoms with van der Waals surface area (Å²) < 4.78 is 19.0. The first-order valence-corrected chi connectivity index (χ1v) is 10.1. The zero-order chi connectivity index (χ0) is 20.2. The van der Waals surface area contributed by atoms with Crippen molar-refractivity contribution in [3.8, 4) is 11.8 Å². The van der Waals surface area contributed by atoms with Gasteiger partial charge in [-0.1, -0.05) is 23.3 Å². The van der Waals surface area contributed by atoms with Crippen LogP contribution in [-0.4, -0.2) is 75.1 Å². The van der Waals surface area contributed by atoms with E-state index < -0.39 is 5.97 Å². The van der Waals surface area contributed by atoms with Gasteiger partial charge >= 0.3 is 6.01 Å². The Kier molecular flexibility index (Phi) is 5.92. The third-order valence-corrected chi connectivity index (χ3v) is 5.46. The van der Waals surface area contributed by atoms with E-state index in [9.17, 15) is 14.7 Å². The number of nitrogens with zero attached hydrogens (tertiary/aromatic N) is 4. The summed E-state index contributed by atoms with van der Waals surface area (Å²) in [7, 11) is 0. The molecule has 1 amide bonds. The van der Waals surface area contributed by atoms with E-state index in [2.05, 4.69) is 20.8 Å². The van der Waals surface area contributed by atoms with Crippen LogP contribution in [0.5, 0.6) is 11.8 Å². The average molecular weight is 420 g/mol. The van der Waals surface area contributed by atoms with Gasteiger partial charge in [-0.2, -0.15) is 4.68 Å². The summed E-state index contributed by atoms with van der Waals surface area (Å²) in [6.45, 7) is 0.580. The van der Waals surface area contributed by atoms with Crippen LogP contribution in [-0.2, 0) is 19.1 Å². The van der Waals surface area contributed by atoms with Gasteiger partial charge in [0.1, 0.15) is 24.0 Å². The Morgan fingerprint density at radius 3 is 2.79 bits per heavy atom. The summed E-state index contributed by atoms with van der Waals surface area (Å²) in [5.41, 5.74) is 0. The average Bonchev–Trinajstić information content (AvgIpc) is 3.40. The number of hydrogen-bond acceptors (Lipinski definition) is 10. The number of rotatable bonds is 8. The van der Waals surface area contributed by atoms with Gasteiger partial charge in [0.15, 0.2) is 0 Å². The monoisotopic (exact) mass is 420 g/mol. The lowest BCUT2D eigenvalue weighted by Crippen LogP contribution is -2.45. The van der Waals surface area contributed by atoms with Crippen LogP contribution < -0.4 is 15.2 Å². The maximum absolute atomic E-state index is 12.0. The van der Waals surface area contributed by atoms with Crippen LogP contribution in [0.3, 0.4) is 0 Å². The third-order valence-electron chi connectivity index (χ3n) is 4.56. The maximum atomic E-state index is 12.0. The molecule has 0 unspecified atom stereocenters. The highest BCUT2D eigenvalue weighted by Crippen LogP contribution is 2.36. The van der Waals surface area contributed by atoms with Gasteiger partial charge < -0.3 is 29.4 Å². The number of benzene rings is 1. The summed E-state index contributed by atoms with van der Waals surface area (Å²) in [5.74, 6) is -1.10. The second-order valence-corrected chi connectivity index (χ2v) is 7.51. The van der Waals surface area contributed by atoms with E-state index in [1.165, 1.54) is 4.68 Å². The Balaban J connectivity index is 1.37. The Labute approximate surface area is 169 Å². The highest BCUT2D eigenvalue weighted by Gasteiger charge is 2.50. The van der Waals surface area contributed by atoms with Crippen LogP contribution in [0.4, 0.5) is 0 Å². The van der Waals surface area contributed by atoms with Gasteiger partial charge in [0.05, 0.1) is 31.0 Å². The largest absolute Gasteiger partial charge is 0.549 e. The van der Waals surface area contributed by atoms with Crippen molar-refractivity contribution in [3.63, 3.8) is 0 Å². The van der Waals surface area contributed by atoms with Crippen LogP contribution in [0.25, 0.3) is 0 Å². The molecule has 29 heavy (non-hydrogen) atoms. The minimum absolute atomic E-state index is 0.0212. The molecule has 12 heteroatoms. The van der Waals surface area contributed by atoms with Crippen LogP contribution in [0.2, 0.25) is 0 Å². The van der Waals surface area contributed by atoms with Crippen molar-refractivity contribution in [2.75, 3.05) is 24.7 Å². The molecule has 2 saturated heterocycles. The molecule has 0 radical (unpaired) electrons. The lowest BCUT2D eigenvalue weighted by molar-refractivity contribution is -0.301. The van der Waals surface area contributed by atoms with Crippen molar-refractivity contribution >= 4 is 23.6 Å². The number of nitrogens with one attached hydrogen (secondary N) is 1. The van der Waals surface area contributed by atoms with Gasteiger partial charge in [-0.25, -0.2) is 0 Å². The predicted octanol–water partition coefficient (Wildman–Crippen LogP) is -1.23. The number of tetrazole rings is 1. The molecule has 0 spiro atoms. The van der Waals surface area contributed by atoms with E-state index in [-0.39, 0.29) is 54.3 Å². The van der Waals surface area contributed by atoms with Crippen molar-refractivity contribution in [3.05, 3.63) is 30.3 Å². The van der Waals surface area contributed by atoms with E-state index in [1.54, 1.807) is 12.1 Å². The van der Waals surface area contributed by atoms with Crippen molar-refractivity contribution in [2.24, 2.45) is 0 Å². The van der Waals surface area contributed by atoms with E-state index >= 15 is 0 Å². The lowest BCUT2D eigenvalue weighted by atomic mass is 10.1. The molecular formula is C17H18N5O6S-. The first-order chi connectivity index (χ1) is 14.1. The zero-order valence-electron chi connectivity index (χ0n) is 15.2. The molecule has 2 aromatic rings. The minimum Gasteiger partial charge on any atom is -0.549 e. The summed E-state index contributed by atoms with van der Waals surface area (Å²) in [6.07, 6.45) is -0.707. The van der Waals surface area contributed by atoms with E-state index in [0.717, 1.165) is 11.8 Å². The van der Waals surface area contributed by atoms with Crippen LogP contribution in [0, 0.1) is 0 Å². The summed E-state index contributed by atoms with van der Waals surface area (Å²) >= 11 is 0.977. The zero-order valence-corrected chi connectivity index (χ0v) is 16.0. The molecule has 11 nitrogen and oxygen atoms in total. The van der Waals surface area contributed by atoms with E-state index in [0.29, 0.717) is 12.4 Å². The quantitative estimate of drug-likeness (QED) is 0.552. The number of thioether (sulfide) groups is 1. The van der Waals surface area contributed by atoms with Crippen molar-refractivity contribution in [2.45, 2.75) is 24.3 Å². The van der Waals surface area contributed by atoms with Gasteiger partial charge in [-0.05, 0) is 22.6 Å². The fourth-order valence-corrected chi connectivity index (χ4v) is 3.88. The fraction of sp³-hybridized carbons (Fsp3) is 0.471. The highest BCUT2D eigenvalue weighted by atomic mass is 32.2. The third kappa shape index (κ3) is 4.49. The second kappa shape index (κ2) is 8.76. The molecule has 1 N–H and O–H groups in total. The van der Waals surface area contributed by atoms with Crippen LogP contribution in [0.15, 0.2) is 30.3 Å². The molecule has 154 valence electrons. The molecule has 4 rings (SSSR count). The lowest BCUT2D eigenvalue weighted by Gasteiger charge is -2.18. The molecule has 2 aliphatic rings. The molecule has 2 fully saturated rings. The maximum Gasteiger partial charge on any atom is 0.341 e. The Hall–Kier alpha value is -2.70.